The van der Waals surface area contributed by atoms with E-state index in [1.54, 1.807) is 7.11 Å². The van der Waals surface area contributed by atoms with Crippen molar-refractivity contribution in [1.82, 2.24) is 9.88 Å². The van der Waals surface area contributed by atoms with Gasteiger partial charge in [-0.15, -0.1) is 0 Å². The van der Waals surface area contributed by atoms with E-state index in [0.717, 1.165) is 36.3 Å². The lowest BCUT2D eigenvalue weighted by atomic mass is 10.2. The first-order chi connectivity index (χ1) is 9.74. The fourth-order valence-corrected chi connectivity index (χ4v) is 2.51. The van der Waals surface area contributed by atoms with Gasteiger partial charge in [-0.2, -0.15) is 0 Å². The molecule has 3 nitrogen and oxygen atoms in total. The van der Waals surface area contributed by atoms with Gasteiger partial charge in [-0.05, 0) is 48.9 Å². The smallest absolute Gasteiger partial charge is 0.119 e. The van der Waals surface area contributed by atoms with Crippen LogP contribution in [-0.4, -0.2) is 18.2 Å². The molecule has 108 valence electrons. The predicted octanol–water partition coefficient (Wildman–Crippen LogP) is 3.81. The van der Waals surface area contributed by atoms with E-state index in [2.05, 4.69) is 57.1 Å². The van der Waals surface area contributed by atoms with Gasteiger partial charge in [-0.1, -0.05) is 22.9 Å². The third kappa shape index (κ3) is 3.87. The molecular weight excluding hydrogens is 316 g/mol. The zero-order valence-corrected chi connectivity index (χ0v) is 13.6. The Hall–Kier alpha value is -1.26. The van der Waals surface area contributed by atoms with Gasteiger partial charge in [-0.3, -0.25) is 0 Å². The number of hydrogen-bond acceptors (Lipinski definition) is 2. The Bertz CT molecular complexity index is 551. The maximum absolute atomic E-state index is 5.30. The average molecular weight is 337 g/mol. The van der Waals surface area contributed by atoms with Gasteiger partial charge >= 0.3 is 0 Å². The summed E-state index contributed by atoms with van der Waals surface area (Å²) in [5, 5.41) is 3.44. The van der Waals surface area contributed by atoms with Crippen LogP contribution in [0.4, 0.5) is 0 Å². The lowest BCUT2D eigenvalue weighted by Crippen LogP contribution is -2.17. The number of aromatic nitrogens is 1. The van der Waals surface area contributed by atoms with E-state index >= 15 is 0 Å². The van der Waals surface area contributed by atoms with E-state index in [-0.39, 0.29) is 0 Å². The minimum atomic E-state index is 0.841. The maximum atomic E-state index is 5.30. The molecule has 0 radical (unpaired) electrons. The molecule has 2 rings (SSSR count). The van der Waals surface area contributed by atoms with Crippen LogP contribution in [0.25, 0.3) is 0 Å². The summed E-state index contributed by atoms with van der Waals surface area (Å²) in [7, 11) is 1.70. The van der Waals surface area contributed by atoms with Crippen molar-refractivity contribution in [3.8, 4) is 5.75 Å². The zero-order valence-electron chi connectivity index (χ0n) is 12.0. The Morgan fingerprint density at radius 2 is 2.15 bits per heavy atom. The summed E-state index contributed by atoms with van der Waals surface area (Å²) in [5.74, 6) is 0.890. The van der Waals surface area contributed by atoms with Gasteiger partial charge in [-0.25, -0.2) is 0 Å². The molecule has 1 aromatic heterocycles. The van der Waals surface area contributed by atoms with Gasteiger partial charge < -0.3 is 14.6 Å². The van der Waals surface area contributed by atoms with Crippen molar-refractivity contribution in [3.05, 3.63) is 52.3 Å². The van der Waals surface area contributed by atoms with E-state index in [0.29, 0.717) is 0 Å². The highest BCUT2D eigenvalue weighted by Gasteiger charge is 2.06. The highest BCUT2D eigenvalue weighted by Crippen LogP contribution is 2.23. The molecular formula is C16H21BrN2O. The third-order valence-electron chi connectivity index (χ3n) is 3.25. The average Bonchev–Trinajstić information content (AvgIpc) is 2.89. The largest absolute Gasteiger partial charge is 0.497 e. The highest BCUT2D eigenvalue weighted by molar-refractivity contribution is 9.10. The molecule has 0 saturated heterocycles. The number of methoxy groups -OCH3 is 1. The SMILES string of the molecule is CCCNCc1cccn1Cc1cc(OC)ccc1Br. The molecule has 0 spiro atoms. The van der Waals surface area contributed by atoms with Crippen LogP contribution < -0.4 is 10.1 Å². The van der Waals surface area contributed by atoms with E-state index in [1.165, 1.54) is 11.3 Å². The second-order valence-electron chi connectivity index (χ2n) is 4.76. The summed E-state index contributed by atoms with van der Waals surface area (Å²) in [6, 6.07) is 10.3. The Kier molecular flexibility index (Phi) is 5.68. The highest BCUT2D eigenvalue weighted by atomic mass is 79.9. The van der Waals surface area contributed by atoms with Crippen LogP contribution in [0.1, 0.15) is 24.6 Å². The standard InChI is InChI=1S/C16H21BrN2O/c1-3-8-18-11-14-5-4-9-19(14)12-13-10-15(20-2)6-7-16(13)17/h4-7,9-10,18H,3,8,11-12H2,1-2H3. The van der Waals surface area contributed by atoms with Crippen molar-refractivity contribution < 1.29 is 4.74 Å². The first-order valence-corrected chi connectivity index (χ1v) is 7.71. The summed E-state index contributed by atoms with van der Waals surface area (Å²) in [5.41, 5.74) is 2.52. The van der Waals surface area contributed by atoms with E-state index < -0.39 is 0 Å². The minimum Gasteiger partial charge on any atom is -0.497 e. The van der Waals surface area contributed by atoms with Crippen molar-refractivity contribution in [3.63, 3.8) is 0 Å². The summed E-state index contributed by atoms with van der Waals surface area (Å²) in [6.07, 6.45) is 3.27. The summed E-state index contributed by atoms with van der Waals surface area (Å²) in [4.78, 5) is 0. The molecule has 0 atom stereocenters. The van der Waals surface area contributed by atoms with Gasteiger partial charge in [0.2, 0.25) is 0 Å². The van der Waals surface area contributed by atoms with Crippen LogP contribution in [0.3, 0.4) is 0 Å². The van der Waals surface area contributed by atoms with Crippen LogP contribution in [0.2, 0.25) is 0 Å². The number of hydrogen-bond donors (Lipinski definition) is 1. The van der Waals surface area contributed by atoms with Gasteiger partial charge in [0, 0.05) is 29.5 Å². The van der Waals surface area contributed by atoms with E-state index in [1.807, 2.05) is 12.1 Å². The van der Waals surface area contributed by atoms with E-state index in [9.17, 15) is 0 Å². The second kappa shape index (κ2) is 7.50. The van der Waals surface area contributed by atoms with Crippen molar-refractivity contribution in [2.45, 2.75) is 26.4 Å². The van der Waals surface area contributed by atoms with Crippen molar-refractivity contribution in [2.75, 3.05) is 13.7 Å². The predicted molar refractivity (Wildman–Crippen MR) is 86.2 cm³/mol. The maximum Gasteiger partial charge on any atom is 0.119 e. The monoisotopic (exact) mass is 336 g/mol. The van der Waals surface area contributed by atoms with Gasteiger partial charge in [0.1, 0.15) is 5.75 Å². The number of halogens is 1. The molecule has 1 aromatic carbocycles. The van der Waals surface area contributed by atoms with Gasteiger partial charge in [0.15, 0.2) is 0 Å². The molecule has 0 saturated carbocycles. The van der Waals surface area contributed by atoms with Crippen LogP contribution >= 0.6 is 15.9 Å². The number of nitrogens with one attached hydrogen (secondary N) is 1. The fraction of sp³-hybridized carbons (Fsp3) is 0.375. The first-order valence-electron chi connectivity index (χ1n) is 6.91. The molecule has 0 amide bonds. The molecule has 0 bridgehead atoms. The molecule has 1 heterocycles. The van der Waals surface area contributed by atoms with Crippen molar-refractivity contribution >= 4 is 15.9 Å². The molecule has 0 fully saturated rings. The molecule has 1 N–H and O–H groups in total. The molecule has 2 aromatic rings. The van der Waals surface area contributed by atoms with Crippen LogP contribution in [0.15, 0.2) is 41.0 Å². The molecule has 0 aliphatic rings. The molecule has 0 aliphatic heterocycles. The minimum absolute atomic E-state index is 0.841. The second-order valence-corrected chi connectivity index (χ2v) is 5.62. The fourth-order valence-electron chi connectivity index (χ4n) is 2.14. The topological polar surface area (TPSA) is 26.2 Å². The van der Waals surface area contributed by atoms with Crippen LogP contribution in [-0.2, 0) is 13.1 Å². The Morgan fingerprint density at radius 1 is 1.30 bits per heavy atom. The molecule has 0 unspecified atom stereocenters. The van der Waals surface area contributed by atoms with Crippen LogP contribution in [0.5, 0.6) is 5.75 Å². The Labute approximate surface area is 129 Å². The van der Waals surface area contributed by atoms with E-state index in [4.69, 9.17) is 4.74 Å². The lowest BCUT2D eigenvalue weighted by molar-refractivity contribution is 0.414. The third-order valence-corrected chi connectivity index (χ3v) is 4.02. The Balaban J connectivity index is 2.12. The quantitative estimate of drug-likeness (QED) is 0.778. The number of nitrogens with zero attached hydrogens (tertiary/aromatic N) is 1. The molecule has 0 aliphatic carbocycles. The number of benzene rings is 1. The number of ether oxygens (including phenoxy) is 1. The van der Waals surface area contributed by atoms with Crippen LogP contribution in [0, 0.1) is 0 Å². The van der Waals surface area contributed by atoms with Gasteiger partial charge in [0.05, 0.1) is 7.11 Å². The normalized spacial score (nSPS) is 10.8. The summed E-state index contributed by atoms with van der Waals surface area (Å²) in [6.45, 7) is 4.98. The van der Waals surface area contributed by atoms with Gasteiger partial charge in [0.25, 0.3) is 0 Å². The molecule has 4 heteroatoms. The number of rotatable bonds is 7. The Morgan fingerprint density at radius 3 is 2.90 bits per heavy atom. The van der Waals surface area contributed by atoms with Crippen molar-refractivity contribution in [2.24, 2.45) is 0 Å². The lowest BCUT2D eigenvalue weighted by Gasteiger charge is -2.12. The first kappa shape index (κ1) is 15.1. The molecule has 20 heavy (non-hydrogen) atoms. The van der Waals surface area contributed by atoms with Crippen molar-refractivity contribution in [1.29, 1.82) is 0 Å². The summed E-state index contributed by atoms with van der Waals surface area (Å²) >= 11 is 3.61. The zero-order chi connectivity index (χ0) is 14.4. The summed E-state index contributed by atoms with van der Waals surface area (Å²) < 4.78 is 8.67.